The summed E-state index contributed by atoms with van der Waals surface area (Å²) in [5.74, 6) is 0.426. The molecule has 2 aromatic rings. The van der Waals surface area contributed by atoms with Crippen LogP contribution in [0.25, 0.3) is 5.78 Å². The number of aromatic nitrogens is 4. The van der Waals surface area contributed by atoms with Crippen LogP contribution in [-0.2, 0) is 11.3 Å². The zero-order valence-electron chi connectivity index (χ0n) is 10.3. The fourth-order valence-electron chi connectivity index (χ4n) is 2.09. The van der Waals surface area contributed by atoms with Gasteiger partial charge >= 0.3 is 5.69 Å². The molecule has 3 rings (SSSR count). The van der Waals surface area contributed by atoms with Crippen molar-refractivity contribution in [3.63, 3.8) is 0 Å². The van der Waals surface area contributed by atoms with E-state index in [9.17, 15) is 4.79 Å². The van der Waals surface area contributed by atoms with Crippen LogP contribution in [0.1, 0.15) is 0 Å². The Hall–Kier alpha value is -1.25. The van der Waals surface area contributed by atoms with E-state index in [-0.39, 0.29) is 5.69 Å². The average Bonchev–Trinajstić information content (AvgIpc) is 2.74. The van der Waals surface area contributed by atoms with E-state index >= 15 is 0 Å². The van der Waals surface area contributed by atoms with E-state index in [1.54, 1.807) is 12.4 Å². The van der Waals surface area contributed by atoms with Crippen molar-refractivity contribution >= 4 is 21.7 Å². The summed E-state index contributed by atoms with van der Waals surface area (Å²) in [7, 11) is 0. The monoisotopic (exact) mass is 327 g/mol. The van der Waals surface area contributed by atoms with Gasteiger partial charge in [0.05, 0.1) is 24.2 Å². The molecule has 7 nitrogen and oxygen atoms in total. The lowest BCUT2D eigenvalue weighted by Gasteiger charge is -2.26. The van der Waals surface area contributed by atoms with Gasteiger partial charge in [-0.15, -0.1) is 5.10 Å². The third-order valence-corrected chi connectivity index (χ3v) is 3.55. The van der Waals surface area contributed by atoms with Gasteiger partial charge in [-0.1, -0.05) is 0 Å². The summed E-state index contributed by atoms with van der Waals surface area (Å²) in [5, 5.41) is 4.22. The maximum absolute atomic E-state index is 12.1. The highest BCUT2D eigenvalue weighted by Gasteiger charge is 2.12. The number of halogens is 1. The lowest BCUT2D eigenvalue weighted by atomic mass is 10.4. The summed E-state index contributed by atoms with van der Waals surface area (Å²) in [6.07, 6.45) is 3.32. The molecule has 0 radical (unpaired) electrons. The zero-order valence-corrected chi connectivity index (χ0v) is 11.9. The number of fused-ring (bicyclic) bond motifs is 1. The van der Waals surface area contributed by atoms with Gasteiger partial charge in [-0.25, -0.2) is 18.9 Å². The van der Waals surface area contributed by atoms with E-state index in [1.165, 1.54) is 9.08 Å². The Balaban J connectivity index is 1.77. The molecule has 1 fully saturated rings. The summed E-state index contributed by atoms with van der Waals surface area (Å²) < 4.78 is 8.96. The summed E-state index contributed by atoms with van der Waals surface area (Å²) >= 11 is 3.30. The van der Waals surface area contributed by atoms with Crippen LogP contribution in [0, 0.1) is 0 Å². The first-order valence-corrected chi connectivity index (χ1v) is 6.94. The van der Waals surface area contributed by atoms with Crippen LogP contribution in [0.4, 0.5) is 0 Å². The largest absolute Gasteiger partial charge is 0.379 e. The lowest BCUT2D eigenvalue weighted by molar-refractivity contribution is 0.0358. The van der Waals surface area contributed by atoms with Crippen LogP contribution in [0.2, 0.25) is 0 Å². The van der Waals surface area contributed by atoms with Crippen molar-refractivity contribution in [1.29, 1.82) is 0 Å². The van der Waals surface area contributed by atoms with Gasteiger partial charge in [-0.2, -0.15) is 0 Å². The molecule has 1 saturated heterocycles. The molecule has 8 heteroatoms. The van der Waals surface area contributed by atoms with Crippen molar-refractivity contribution < 1.29 is 4.74 Å². The molecule has 102 valence electrons. The molecule has 2 aromatic heterocycles. The Labute approximate surface area is 117 Å². The van der Waals surface area contributed by atoms with E-state index < -0.39 is 0 Å². The summed E-state index contributed by atoms with van der Waals surface area (Å²) in [5.41, 5.74) is -0.156. The molecule has 0 aromatic carbocycles. The van der Waals surface area contributed by atoms with Crippen LogP contribution in [0.15, 0.2) is 21.7 Å². The standard InChI is InChI=1S/C11H14BrN5O2/c12-9-7-13-10-14-17(11(18)16(10)8-9)2-1-15-3-5-19-6-4-15/h7-8H,1-6H2. The second-order valence-corrected chi connectivity index (χ2v) is 5.32. The fraction of sp³-hybridized carbons (Fsp3) is 0.545. The minimum atomic E-state index is -0.156. The van der Waals surface area contributed by atoms with Crippen LogP contribution in [0.3, 0.4) is 0 Å². The first-order chi connectivity index (χ1) is 9.24. The quantitative estimate of drug-likeness (QED) is 0.793. The maximum Gasteiger partial charge on any atom is 0.351 e. The van der Waals surface area contributed by atoms with E-state index in [0.717, 1.165) is 37.3 Å². The number of rotatable bonds is 3. The summed E-state index contributed by atoms with van der Waals surface area (Å²) in [6.45, 7) is 4.70. The van der Waals surface area contributed by atoms with Crippen molar-refractivity contribution in [2.75, 3.05) is 32.8 Å². The molecule has 0 aliphatic carbocycles. The number of ether oxygens (including phenoxy) is 1. The van der Waals surface area contributed by atoms with Gasteiger partial charge in [0.1, 0.15) is 0 Å². The van der Waals surface area contributed by atoms with Crippen LogP contribution in [0.5, 0.6) is 0 Å². The maximum atomic E-state index is 12.1. The predicted octanol–water partition coefficient (Wildman–Crippen LogP) is -0.0143. The molecule has 1 aliphatic rings. The molecular formula is C11H14BrN5O2. The second-order valence-electron chi connectivity index (χ2n) is 4.40. The van der Waals surface area contributed by atoms with Gasteiger partial charge < -0.3 is 4.74 Å². The van der Waals surface area contributed by atoms with E-state index in [4.69, 9.17) is 4.74 Å². The number of hydrogen-bond donors (Lipinski definition) is 0. The second kappa shape index (κ2) is 5.40. The van der Waals surface area contributed by atoms with E-state index in [1.807, 2.05) is 0 Å². The molecule has 0 atom stereocenters. The van der Waals surface area contributed by atoms with E-state index in [0.29, 0.717) is 12.3 Å². The minimum Gasteiger partial charge on any atom is -0.379 e. The van der Waals surface area contributed by atoms with Crippen molar-refractivity contribution in [2.45, 2.75) is 6.54 Å². The highest BCUT2D eigenvalue weighted by Crippen LogP contribution is 2.06. The molecule has 0 bridgehead atoms. The minimum absolute atomic E-state index is 0.156. The van der Waals surface area contributed by atoms with Crippen molar-refractivity contribution in [1.82, 2.24) is 24.1 Å². The average molecular weight is 328 g/mol. The lowest BCUT2D eigenvalue weighted by Crippen LogP contribution is -2.39. The molecule has 0 spiro atoms. The van der Waals surface area contributed by atoms with Gasteiger partial charge in [-0.05, 0) is 15.9 Å². The highest BCUT2D eigenvalue weighted by molar-refractivity contribution is 9.10. The molecule has 0 amide bonds. The van der Waals surface area contributed by atoms with Gasteiger partial charge in [0.2, 0.25) is 0 Å². The van der Waals surface area contributed by atoms with Crippen molar-refractivity contribution in [2.24, 2.45) is 0 Å². The Morgan fingerprint density at radius 3 is 2.89 bits per heavy atom. The fourth-order valence-corrected chi connectivity index (χ4v) is 2.40. The van der Waals surface area contributed by atoms with Gasteiger partial charge in [0.15, 0.2) is 0 Å². The molecule has 0 saturated carbocycles. The molecule has 0 N–H and O–H groups in total. The van der Waals surface area contributed by atoms with Crippen LogP contribution in [-0.4, -0.2) is 56.9 Å². The number of hydrogen-bond acceptors (Lipinski definition) is 5. The van der Waals surface area contributed by atoms with Crippen LogP contribution < -0.4 is 5.69 Å². The highest BCUT2D eigenvalue weighted by atomic mass is 79.9. The van der Waals surface area contributed by atoms with Crippen molar-refractivity contribution in [3.8, 4) is 0 Å². The molecular weight excluding hydrogens is 314 g/mol. The Bertz CT molecular complexity index is 632. The van der Waals surface area contributed by atoms with Gasteiger partial charge in [0.25, 0.3) is 5.78 Å². The Morgan fingerprint density at radius 1 is 1.32 bits per heavy atom. The third kappa shape index (κ3) is 2.70. The number of morpholine rings is 1. The SMILES string of the molecule is O=c1n(CCN2CCOCC2)nc2ncc(Br)cn12. The third-order valence-electron chi connectivity index (χ3n) is 3.14. The summed E-state index contributed by atoms with van der Waals surface area (Å²) in [6, 6.07) is 0. The topological polar surface area (TPSA) is 64.7 Å². The Kier molecular flexibility index (Phi) is 3.63. The van der Waals surface area contributed by atoms with Crippen LogP contribution >= 0.6 is 15.9 Å². The normalized spacial score (nSPS) is 17.1. The first-order valence-electron chi connectivity index (χ1n) is 6.15. The van der Waals surface area contributed by atoms with E-state index in [2.05, 4.69) is 30.9 Å². The molecule has 0 unspecified atom stereocenters. The first kappa shape index (κ1) is 12.8. The molecule has 1 aliphatic heterocycles. The van der Waals surface area contributed by atoms with Crippen molar-refractivity contribution in [3.05, 3.63) is 27.4 Å². The predicted molar refractivity (Wildman–Crippen MR) is 72.2 cm³/mol. The van der Waals surface area contributed by atoms with Gasteiger partial charge in [0, 0.05) is 32.0 Å². The zero-order chi connectivity index (χ0) is 13.2. The number of nitrogens with zero attached hydrogens (tertiary/aromatic N) is 5. The summed E-state index contributed by atoms with van der Waals surface area (Å²) in [4.78, 5) is 18.5. The molecule has 3 heterocycles. The Morgan fingerprint density at radius 2 is 2.11 bits per heavy atom. The smallest absolute Gasteiger partial charge is 0.351 e. The van der Waals surface area contributed by atoms with Gasteiger partial charge in [-0.3, -0.25) is 4.90 Å². The molecule has 19 heavy (non-hydrogen) atoms.